The largest absolute Gasteiger partial charge is 0.352 e. The van der Waals surface area contributed by atoms with Crippen molar-refractivity contribution >= 4 is 5.91 Å². The second kappa shape index (κ2) is 6.18. The molecule has 0 spiro atoms. The van der Waals surface area contributed by atoms with Crippen LogP contribution in [0.3, 0.4) is 0 Å². The third-order valence-electron chi connectivity index (χ3n) is 3.39. The molecule has 2 nitrogen and oxygen atoms in total. The van der Waals surface area contributed by atoms with Crippen LogP contribution in [0.2, 0.25) is 0 Å². The van der Waals surface area contributed by atoms with Crippen LogP contribution in [0.1, 0.15) is 60.7 Å². The molecule has 1 N–H and O–H groups in total. The highest BCUT2D eigenvalue weighted by atomic mass is 19.1. The van der Waals surface area contributed by atoms with Gasteiger partial charge in [0.1, 0.15) is 5.67 Å². The second-order valence-corrected chi connectivity index (χ2v) is 5.55. The molecular formula is C16H24FNO. The summed E-state index contributed by atoms with van der Waals surface area (Å²) in [4.78, 5) is 12.0. The number of alkyl halides is 1. The highest BCUT2D eigenvalue weighted by molar-refractivity contribution is 5.94. The van der Waals surface area contributed by atoms with Gasteiger partial charge in [-0.15, -0.1) is 0 Å². The monoisotopic (exact) mass is 265 g/mol. The Labute approximate surface area is 115 Å². The molecule has 0 aliphatic rings. The molecule has 0 heterocycles. The average Bonchev–Trinajstić information content (AvgIpc) is 2.31. The maximum absolute atomic E-state index is 14.2. The summed E-state index contributed by atoms with van der Waals surface area (Å²) in [6.45, 7) is 9.59. The van der Waals surface area contributed by atoms with E-state index in [-0.39, 0.29) is 5.91 Å². The molecule has 1 rings (SSSR count). The van der Waals surface area contributed by atoms with Gasteiger partial charge in [0.2, 0.25) is 0 Å². The van der Waals surface area contributed by atoms with Crippen LogP contribution in [0.5, 0.6) is 0 Å². The van der Waals surface area contributed by atoms with Crippen LogP contribution in [0.25, 0.3) is 0 Å². The van der Waals surface area contributed by atoms with Gasteiger partial charge in [0.15, 0.2) is 0 Å². The summed E-state index contributed by atoms with van der Waals surface area (Å²) in [6, 6.07) is 3.50. The van der Waals surface area contributed by atoms with E-state index >= 15 is 0 Å². The fourth-order valence-corrected chi connectivity index (χ4v) is 2.09. The normalized spacial score (nSPS) is 11.5. The van der Waals surface area contributed by atoms with Gasteiger partial charge in [0.25, 0.3) is 5.91 Å². The Morgan fingerprint density at radius 3 is 2.47 bits per heavy atom. The fraction of sp³-hybridized carbons (Fsp3) is 0.562. The summed E-state index contributed by atoms with van der Waals surface area (Å²) in [6.07, 6.45) is 1.99. The zero-order valence-corrected chi connectivity index (χ0v) is 12.6. The van der Waals surface area contributed by atoms with Gasteiger partial charge in [-0.25, -0.2) is 4.39 Å². The van der Waals surface area contributed by atoms with Crippen molar-refractivity contribution in [1.82, 2.24) is 5.32 Å². The Kier molecular flexibility index (Phi) is 5.10. The minimum atomic E-state index is -1.44. The van der Waals surface area contributed by atoms with E-state index in [0.717, 1.165) is 24.0 Å². The van der Waals surface area contributed by atoms with Crippen molar-refractivity contribution in [3.05, 3.63) is 34.4 Å². The molecule has 0 saturated heterocycles. The number of halogens is 1. The predicted molar refractivity (Wildman–Crippen MR) is 77.3 cm³/mol. The maximum Gasteiger partial charge on any atom is 0.251 e. The molecule has 1 amide bonds. The first-order valence-corrected chi connectivity index (χ1v) is 6.86. The van der Waals surface area contributed by atoms with E-state index in [1.165, 1.54) is 13.8 Å². The highest BCUT2D eigenvalue weighted by Crippen LogP contribution is 2.30. The van der Waals surface area contributed by atoms with E-state index in [1.807, 2.05) is 19.9 Å². The predicted octanol–water partition coefficient (Wildman–Crippen LogP) is 4.04. The third kappa shape index (κ3) is 4.05. The van der Waals surface area contributed by atoms with Crippen LogP contribution in [0, 0.1) is 13.8 Å². The Morgan fingerprint density at radius 2 is 1.95 bits per heavy atom. The lowest BCUT2D eigenvalue weighted by molar-refractivity contribution is 0.0952. The molecule has 0 aliphatic heterocycles. The van der Waals surface area contributed by atoms with E-state index in [9.17, 15) is 9.18 Å². The maximum atomic E-state index is 14.2. The average molecular weight is 265 g/mol. The van der Waals surface area contributed by atoms with E-state index in [0.29, 0.717) is 17.7 Å². The van der Waals surface area contributed by atoms with Crippen LogP contribution < -0.4 is 5.32 Å². The zero-order valence-electron chi connectivity index (χ0n) is 12.6. The molecule has 0 radical (unpaired) electrons. The number of carbonyl (C=O) groups is 1. The molecular weight excluding hydrogens is 241 g/mol. The zero-order chi connectivity index (χ0) is 14.6. The van der Waals surface area contributed by atoms with Gasteiger partial charge in [0.05, 0.1) is 0 Å². The number of hydrogen-bond acceptors (Lipinski definition) is 1. The molecule has 0 fully saturated rings. The number of benzene rings is 1. The Bertz CT molecular complexity index is 461. The lowest BCUT2D eigenvalue weighted by atomic mass is 9.90. The molecule has 0 aliphatic carbocycles. The van der Waals surface area contributed by atoms with Gasteiger partial charge in [-0.2, -0.15) is 0 Å². The number of nitrogens with one attached hydrogen (secondary N) is 1. The van der Waals surface area contributed by atoms with Gasteiger partial charge in [-0.1, -0.05) is 13.3 Å². The van der Waals surface area contributed by atoms with Crippen LogP contribution in [0.15, 0.2) is 12.1 Å². The number of unbranched alkanes of at least 4 members (excludes halogenated alkanes) is 1. The van der Waals surface area contributed by atoms with Crippen molar-refractivity contribution < 1.29 is 9.18 Å². The summed E-state index contributed by atoms with van der Waals surface area (Å²) in [5.74, 6) is -0.123. The summed E-state index contributed by atoms with van der Waals surface area (Å²) in [5, 5.41) is 2.86. The number of hydrogen-bond donors (Lipinski definition) is 1. The molecule has 1 aromatic carbocycles. The summed E-state index contributed by atoms with van der Waals surface area (Å²) >= 11 is 0. The van der Waals surface area contributed by atoms with Crippen LogP contribution >= 0.6 is 0 Å². The number of carbonyl (C=O) groups excluding carboxylic acids is 1. The minimum Gasteiger partial charge on any atom is -0.352 e. The molecule has 106 valence electrons. The molecule has 0 aromatic heterocycles. The van der Waals surface area contributed by atoms with Crippen molar-refractivity contribution in [3.63, 3.8) is 0 Å². The van der Waals surface area contributed by atoms with Gasteiger partial charge in [0, 0.05) is 12.1 Å². The molecule has 0 unspecified atom stereocenters. The van der Waals surface area contributed by atoms with Crippen molar-refractivity contribution in [2.45, 2.75) is 53.1 Å². The van der Waals surface area contributed by atoms with E-state index in [4.69, 9.17) is 0 Å². The first kappa shape index (κ1) is 15.7. The van der Waals surface area contributed by atoms with Crippen molar-refractivity contribution in [2.24, 2.45) is 0 Å². The fourth-order valence-electron chi connectivity index (χ4n) is 2.09. The van der Waals surface area contributed by atoms with Gasteiger partial charge in [-0.05, 0) is 62.9 Å². The number of aryl methyl sites for hydroxylation is 1. The van der Waals surface area contributed by atoms with Gasteiger partial charge in [-0.3, -0.25) is 4.79 Å². The van der Waals surface area contributed by atoms with Crippen LogP contribution in [-0.4, -0.2) is 12.5 Å². The molecule has 3 heteroatoms. The molecule has 0 saturated carbocycles. The molecule has 1 aromatic rings. The highest BCUT2D eigenvalue weighted by Gasteiger charge is 2.23. The molecule has 0 atom stereocenters. The third-order valence-corrected chi connectivity index (χ3v) is 3.39. The van der Waals surface area contributed by atoms with Crippen molar-refractivity contribution in [3.8, 4) is 0 Å². The lowest BCUT2D eigenvalue weighted by Gasteiger charge is -2.20. The second-order valence-electron chi connectivity index (χ2n) is 5.55. The summed E-state index contributed by atoms with van der Waals surface area (Å²) in [5.41, 5.74) is 1.56. The Hall–Kier alpha value is -1.38. The SMILES string of the molecule is CCCCNC(=O)c1cc(C)c(C)c(C(C)(C)F)c1. The molecule has 0 bridgehead atoms. The molecule has 19 heavy (non-hydrogen) atoms. The van der Waals surface area contributed by atoms with Crippen molar-refractivity contribution in [1.29, 1.82) is 0 Å². The lowest BCUT2D eigenvalue weighted by Crippen LogP contribution is -2.25. The van der Waals surface area contributed by atoms with Crippen LogP contribution in [-0.2, 0) is 5.67 Å². The standard InChI is InChI=1S/C16H24FNO/c1-6-7-8-18-15(19)13-9-11(2)12(3)14(10-13)16(4,5)17/h9-10H,6-8H2,1-5H3,(H,18,19). The quantitative estimate of drug-likeness (QED) is 0.800. The summed E-state index contributed by atoms with van der Waals surface area (Å²) < 4.78 is 14.2. The van der Waals surface area contributed by atoms with Crippen LogP contribution in [0.4, 0.5) is 4.39 Å². The first-order chi connectivity index (χ1) is 8.77. The number of rotatable bonds is 5. The Morgan fingerprint density at radius 1 is 1.32 bits per heavy atom. The first-order valence-electron chi connectivity index (χ1n) is 6.86. The summed E-state index contributed by atoms with van der Waals surface area (Å²) in [7, 11) is 0. The van der Waals surface area contributed by atoms with Crippen molar-refractivity contribution in [2.75, 3.05) is 6.54 Å². The minimum absolute atomic E-state index is 0.123. The van der Waals surface area contributed by atoms with E-state index in [2.05, 4.69) is 12.2 Å². The van der Waals surface area contributed by atoms with E-state index < -0.39 is 5.67 Å². The van der Waals surface area contributed by atoms with Gasteiger partial charge < -0.3 is 5.32 Å². The topological polar surface area (TPSA) is 29.1 Å². The Balaban J connectivity index is 3.03. The number of amides is 1. The smallest absolute Gasteiger partial charge is 0.251 e. The van der Waals surface area contributed by atoms with Gasteiger partial charge >= 0.3 is 0 Å². The van der Waals surface area contributed by atoms with E-state index in [1.54, 1.807) is 6.07 Å².